The van der Waals surface area contributed by atoms with E-state index in [9.17, 15) is 4.79 Å². The van der Waals surface area contributed by atoms with E-state index in [1.54, 1.807) is 7.11 Å². The Labute approximate surface area is 137 Å². The van der Waals surface area contributed by atoms with Crippen LogP contribution in [0.3, 0.4) is 0 Å². The van der Waals surface area contributed by atoms with Crippen molar-refractivity contribution in [3.63, 3.8) is 0 Å². The zero-order valence-corrected chi connectivity index (χ0v) is 14.0. The number of carboxylic acid groups (broad SMARTS) is 1. The average Bonchev–Trinajstić information content (AvgIpc) is 3.01. The summed E-state index contributed by atoms with van der Waals surface area (Å²) >= 11 is 0. The Morgan fingerprint density at radius 3 is 2.87 bits per heavy atom. The van der Waals surface area contributed by atoms with Crippen LogP contribution in [0.4, 0.5) is 0 Å². The highest BCUT2D eigenvalue weighted by atomic mass is 16.5. The topological polar surface area (TPSA) is 85.5 Å². The van der Waals surface area contributed by atoms with Crippen LogP contribution in [0.15, 0.2) is 4.52 Å². The number of hydrogen-bond acceptors (Lipinski definition) is 5. The summed E-state index contributed by atoms with van der Waals surface area (Å²) in [4.78, 5) is 15.5. The monoisotopic (exact) mass is 324 g/mol. The molecule has 0 saturated heterocycles. The summed E-state index contributed by atoms with van der Waals surface area (Å²) < 4.78 is 10.3. The van der Waals surface area contributed by atoms with Crippen molar-refractivity contribution in [2.45, 2.75) is 70.1 Å². The summed E-state index contributed by atoms with van der Waals surface area (Å²) in [5, 5.41) is 13.1. The lowest BCUT2D eigenvalue weighted by Crippen LogP contribution is -2.10. The van der Waals surface area contributed by atoms with Gasteiger partial charge in [-0.1, -0.05) is 50.1 Å². The molecule has 0 unspecified atom stereocenters. The summed E-state index contributed by atoms with van der Waals surface area (Å²) in [6.07, 6.45) is 10.3. The Hall–Kier alpha value is -1.43. The molecule has 6 nitrogen and oxygen atoms in total. The quantitative estimate of drug-likeness (QED) is 0.708. The van der Waals surface area contributed by atoms with Crippen molar-refractivity contribution in [3.05, 3.63) is 11.7 Å². The molecule has 1 heterocycles. The fourth-order valence-electron chi connectivity index (χ4n) is 3.38. The molecule has 0 bridgehead atoms. The largest absolute Gasteiger partial charge is 0.481 e. The minimum Gasteiger partial charge on any atom is -0.481 e. The van der Waals surface area contributed by atoms with Gasteiger partial charge in [0, 0.05) is 19.4 Å². The van der Waals surface area contributed by atoms with Gasteiger partial charge in [0.1, 0.15) is 0 Å². The lowest BCUT2D eigenvalue weighted by atomic mass is 9.84. The van der Waals surface area contributed by atoms with Gasteiger partial charge >= 0.3 is 5.97 Å². The molecule has 130 valence electrons. The van der Waals surface area contributed by atoms with Gasteiger partial charge in [-0.05, 0) is 12.3 Å². The first-order valence-electron chi connectivity index (χ1n) is 8.72. The smallest absolute Gasteiger partial charge is 0.304 e. The van der Waals surface area contributed by atoms with Crippen LogP contribution in [0.2, 0.25) is 0 Å². The summed E-state index contributed by atoms with van der Waals surface area (Å²) in [6, 6.07) is 0. The third-order valence-corrected chi connectivity index (χ3v) is 4.67. The molecule has 0 spiro atoms. The van der Waals surface area contributed by atoms with E-state index in [-0.39, 0.29) is 12.3 Å². The van der Waals surface area contributed by atoms with Gasteiger partial charge in [-0.15, -0.1) is 0 Å². The van der Waals surface area contributed by atoms with E-state index in [0.29, 0.717) is 24.7 Å². The van der Waals surface area contributed by atoms with Crippen molar-refractivity contribution in [3.8, 4) is 0 Å². The molecule has 0 radical (unpaired) electrons. The molecule has 1 aromatic rings. The van der Waals surface area contributed by atoms with Gasteiger partial charge in [-0.2, -0.15) is 4.98 Å². The van der Waals surface area contributed by atoms with E-state index in [1.165, 1.54) is 38.5 Å². The fourth-order valence-corrected chi connectivity index (χ4v) is 3.38. The maximum atomic E-state index is 11.1. The lowest BCUT2D eigenvalue weighted by Gasteiger charge is -2.21. The predicted molar refractivity (Wildman–Crippen MR) is 85.3 cm³/mol. The summed E-state index contributed by atoms with van der Waals surface area (Å²) in [6.45, 7) is 0.532. The van der Waals surface area contributed by atoms with Gasteiger partial charge in [0.15, 0.2) is 5.82 Å². The van der Waals surface area contributed by atoms with E-state index in [4.69, 9.17) is 14.4 Å². The number of hydrogen-bond donors (Lipinski definition) is 1. The van der Waals surface area contributed by atoms with Gasteiger partial charge in [-0.25, -0.2) is 0 Å². The molecule has 2 rings (SSSR count). The predicted octanol–water partition coefficient (Wildman–Crippen LogP) is 3.57. The van der Waals surface area contributed by atoms with Crippen LogP contribution in [-0.2, 0) is 16.0 Å². The van der Waals surface area contributed by atoms with Gasteiger partial charge in [0.05, 0.1) is 13.0 Å². The van der Waals surface area contributed by atoms with Crippen LogP contribution in [-0.4, -0.2) is 34.9 Å². The number of carbonyl (C=O) groups is 1. The minimum atomic E-state index is -0.815. The van der Waals surface area contributed by atoms with E-state index in [0.717, 1.165) is 18.8 Å². The number of ether oxygens (including phenoxy) is 1. The molecule has 1 saturated carbocycles. The third kappa shape index (κ3) is 6.29. The van der Waals surface area contributed by atoms with E-state index < -0.39 is 5.97 Å². The van der Waals surface area contributed by atoms with Crippen LogP contribution in [0.1, 0.15) is 75.4 Å². The van der Waals surface area contributed by atoms with Gasteiger partial charge < -0.3 is 14.4 Å². The summed E-state index contributed by atoms with van der Waals surface area (Å²) in [5.41, 5.74) is 0. The average molecular weight is 324 g/mol. The molecular formula is C17H28N2O4. The second-order valence-electron chi connectivity index (χ2n) is 6.52. The number of rotatable bonds is 10. The Morgan fingerprint density at radius 1 is 1.39 bits per heavy atom. The second kappa shape index (κ2) is 9.65. The van der Waals surface area contributed by atoms with Crippen LogP contribution in [0.25, 0.3) is 0 Å². The number of methoxy groups -OCH3 is 1. The SMILES string of the molecule is COCCc1noc([C@H](CCCC2CCCCC2)CC(=O)O)n1. The van der Waals surface area contributed by atoms with Crippen molar-refractivity contribution in [2.75, 3.05) is 13.7 Å². The highest BCUT2D eigenvalue weighted by Gasteiger charge is 2.23. The zero-order chi connectivity index (χ0) is 16.5. The van der Waals surface area contributed by atoms with Crippen molar-refractivity contribution in [1.29, 1.82) is 0 Å². The van der Waals surface area contributed by atoms with Gasteiger partial charge in [-0.3, -0.25) is 4.79 Å². The third-order valence-electron chi connectivity index (χ3n) is 4.67. The summed E-state index contributed by atoms with van der Waals surface area (Å²) in [7, 11) is 1.62. The highest BCUT2D eigenvalue weighted by molar-refractivity contribution is 5.67. The number of carboxylic acids is 1. The molecule has 1 aliphatic carbocycles. The van der Waals surface area contributed by atoms with E-state index in [1.807, 2.05) is 0 Å². The van der Waals surface area contributed by atoms with Gasteiger partial charge in [0.2, 0.25) is 5.89 Å². The number of aromatic nitrogens is 2. The van der Waals surface area contributed by atoms with Crippen LogP contribution in [0.5, 0.6) is 0 Å². The molecule has 1 aliphatic rings. The van der Waals surface area contributed by atoms with Crippen LogP contribution < -0.4 is 0 Å². The Morgan fingerprint density at radius 2 is 2.17 bits per heavy atom. The maximum Gasteiger partial charge on any atom is 0.304 e. The van der Waals surface area contributed by atoms with Crippen molar-refractivity contribution < 1.29 is 19.2 Å². The Balaban J connectivity index is 1.85. The molecule has 1 aromatic heterocycles. The maximum absolute atomic E-state index is 11.1. The Kier molecular flexibility index (Phi) is 7.52. The highest BCUT2D eigenvalue weighted by Crippen LogP contribution is 2.31. The first kappa shape index (κ1) is 17.9. The fraction of sp³-hybridized carbons (Fsp3) is 0.824. The normalized spacial score (nSPS) is 17.3. The van der Waals surface area contributed by atoms with Crippen LogP contribution >= 0.6 is 0 Å². The first-order chi connectivity index (χ1) is 11.2. The standard InChI is InChI=1S/C17H28N2O4/c1-22-11-10-15-18-17(23-19-15)14(12-16(20)21)9-5-8-13-6-3-2-4-7-13/h13-14H,2-12H2,1H3,(H,20,21)/t14-/m1/s1. The van der Waals surface area contributed by atoms with Crippen molar-refractivity contribution in [1.82, 2.24) is 10.1 Å². The van der Waals surface area contributed by atoms with Crippen LogP contribution in [0, 0.1) is 5.92 Å². The van der Waals surface area contributed by atoms with E-state index >= 15 is 0 Å². The molecule has 1 atom stereocenters. The van der Waals surface area contributed by atoms with Crippen molar-refractivity contribution >= 4 is 5.97 Å². The number of nitrogens with zero attached hydrogens (tertiary/aromatic N) is 2. The molecule has 0 aliphatic heterocycles. The Bertz CT molecular complexity index is 469. The zero-order valence-electron chi connectivity index (χ0n) is 14.0. The summed E-state index contributed by atoms with van der Waals surface area (Å²) in [5.74, 6) is 0.866. The first-order valence-corrected chi connectivity index (χ1v) is 8.72. The van der Waals surface area contributed by atoms with Crippen molar-refractivity contribution in [2.24, 2.45) is 5.92 Å². The lowest BCUT2D eigenvalue weighted by molar-refractivity contribution is -0.137. The second-order valence-corrected chi connectivity index (χ2v) is 6.52. The molecule has 0 aromatic carbocycles. The molecule has 1 N–H and O–H groups in total. The number of aliphatic carboxylic acids is 1. The molecule has 6 heteroatoms. The van der Waals surface area contributed by atoms with Gasteiger partial charge in [0.25, 0.3) is 0 Å². The van der Waals surface area contributed by atoms with E-state index in [2.05, 4.69) is 10.1 Å². The molecule has 23 heavy (non-hydrogen) atoms. The molecular weight excluding hydrogens is 296 g/mol. The molecule has 1 fully saturated rings. The minimum absolute atomic E-state index is 0.0522. The molecule has 0 amide bonds.